The summed E-state index contributed by atoms with van der Waals surface area (Å²) in [5.41, 5.74) is 7.04. The van der Waals surface area contributed by atoms with Gasteiger partial charge in [-0.3, -0.25) is 4.98 Å². The molecule has 0 amide bonds. The summed E-state index contributed by atoms with van der Waals surface area (Å²) in [4.78, 5) is 4.13. The molecule has 0 atom stereocenters. The number of anilines is 1. The first-order chi connectivity index (χ1) is 8.13. The van der Waals surface area contributed by atoms with Crippen molar-refractivity contribution in [2.45, 2.75) is 6.61 Å². The van der Waals surface area contributed by atoms with Crippen molar-refractivity contribution in [1.29, 1.82) is 0 Å². The van der Waals surface area contributed by atoms with Crippen LogP contribution in [0.15, 0.2) is 36.5 Å². The minimum atomic E-state index is 0.321. The van der Waals surface area contributed by atoms with Gasteiger partial charge >= 0.3 is 0 Å². The van der Waals surface area contributed by atoms with Crippen LogP contribution in [-0.4, -0.2) is 4.98 Å². The van der Waals surface area contributed by atoms with E-state index in [4.69, 9.17) is 33.7 Å². The second-order valence-electron chi connectivity index (χ2n) is 3.47. The fourth-order valence-electron chi connectivity index (χ4n) is 1.34. The van der Waals surface area contributed by atoms with Crippen LogP contribution in [0, 0.1) is 0 Å². The molecule has 1 aromatic heterocycles. The number of nitrogens with zero attached hydrogens (tertiary/aromatic N) is 1. The lowest BCUT2D eigenvalue weighted by molar-refractivity contribution is 0.301. The molecule has 0 aliphatic carbocycles. The molecule has 0 bridgehead atoms. The van der Waals surface area contributed by atoms with Crippen LogP contribution in [0.4, 0.5) is 5.69 Å². The number of nitrogens with two attached hydrogens (primary N) is 1. The molecule has 17 heavy (non-hydrogen) atoms. The van der Waals surface area contributed by atoms with Gasteiger partial charge in [-0.25, -0.2) is 0 Å². The highest BCUT2D eigenvalue weighted by atomic mass is 35.5. The Morgan fingerprint density at radius 3 is 2.47 bits per heavy atom. The van der Waals surface area contributed by atoms with Crippen LogP contribution in [0.3, 0.4) is 0 Å². The third-order valence-corrected chi connectivity index (χ3v) is 2.50. The second kappa shape index (κ2) is 5.25. The molecule has 2 aromatic rings. The average Bonchev–Trinajstić information content (AvgIpc) is 2.25. The minimum absolute atomic E-state index is 0.321. The van der Waals surface area contributed by atoms with Gasteiger partial charge in [0.2, 0.25) is 0 Å². The van der Waals surface area contributed by atoms with E-state index >= 15 is 0 Å². The molecular formula is C12H10Cl2N2O. The van der Waals surface area contributed by atoms with Crippen molar-refractivity contribution in [3.8, 4) is 5.75 Å². The summed E-state index contributed by atoms with van der Waals surface area (Å²) < 4.78 is 5.52. The van der Waals surface area contributed by atoms with Gasteiger partial charge in [0.1, 0.15) is 12.4 Å². The molecule has 1 aromatic carbocycles. The molecule has 0 saturated carbocycles. The van der Waals surface area contributed by atoms with Crippen LogP contribution in [0.1, 0.15) is 5.69 Å². The molecule has 2 rings (SSSR count). The van der Waals surface area contributed by atoms with E-state index in [9.17, 15) is 0 Å². The maximum atomic E-state index is 5.86. The molecule has 0 saturated heterocycles. The van der Waals surface area contributed by atoms with Crippen molar-refractivity contribution in [1.82, 2.24) is 4.98 Å². The molecular weight excluding hydrogens is 259 g/mol. The van der Waals surface area contributed by atoms with E-state index in [0.717, 1.165) is 5.69 Å². The number of halogens is 2. The number of hydrogen-bond donors (Lipinski definition) is 1. The van der Waals surface area contributed by atoms with E-state index in [0.29, 0.717) is 28.1 Å². The maximum absolute atomic E-state index is 5.86. The first-order valence-corrected chi connectivity index (χ1v) is 5.68. The maximum Gasteiger partial charge on any atom is 0.130 e. The lowest BCUT2D eigenvalue weighted by atomic mass is 10.3. The smallest absolute Gasteiger partial charge is 0.130 e. The van der Waals surface area contributed by atoms with Gasteiger partial charge in [0.05, 0.1) is 5.69 Å². The summed E-state index contributed by atoms with van der Waals surface area (Å²) in [6, 6.07) is 8.51. The Morgan fingerprint density at radius 2 is 1.82 bits per heavy atom. The van der Waals surface area contributed by atoms with Crippen LogP contribution in [0.2, 0.25) is 10.0 Å². The Kier molecular flexibility index (Phi) is 3.71. The topological polar surface area (TPSA) is 48.1 Å². The monoisotopic (exact) mass is 268 g/mol. The summed E-state index contributed by atoms with van der Waals surface area (Å²) in [5, 5.41) is 1.07. The SMILES string of the molecule is Nc1ccnc(COc2cc(Cl)cc(Cl)c2)c1. The number of aromatic nitrogens is 1. The zero-order valence-electron chi connectivity index (χ0n) is 8.86. The Morgan fingerprint density at radius 1 is 1.12 bits per heavy atom. The predicted molar refractivity (Wildman–Crippen MR) is 69.4 cm³/mol. The Bertz CT molecular complexity index is 511. The number of benzene rings is 1. The molecule has 3 nitrogen and oxygen atoms in total. The zero-order chi connectivity index (χ0) is 12.3. The van der Waals surface area contributed by atoms with Gasteiger partial charge < -0.3 is 10.5 Å². The van der Waals surface area contributed by atoms with E-state index < -0.39 is 0 Å². The molecule has 0 fully saturated rings. The quantitative estimate of drug-likeness (QED) is 0.926. The highest BCUT2D eigenvalue weighted by Gasteiger charge is 2.01. The lowest BCUT2D eigenvalue weighted by Crippen LogP contribution is -1.99. The van der Waals surface area contributed by atoms with Crippen molar-refractivity contribution in [2.24, 2.45) is 0 Å². The summed E-state index contributed by atoms with van der Waals surface area (Å²) in [7, 11) is 0. The standard InChI is InChI=1S/C12H10Cl2N2O/c13-8-3-9(14)5-12(4-8)17-7-11-6-10(15)1-2-16-11/h1-6H,7H2,(H2,15,16). The first kappa shape index (κ1) is 12.0. The lowest BCUT2D eigenvalue weighted by Gasteiger charge is -2.07. The van der Waals surface area contributed by atoms with E-state index in [1.807, 2.05) is 0 Å². The van der Waals surface area contributed by atoms with Crippen molar-refractivity contribution in [2.75, 3.05) is 5.73 Å². The molecule has 1 heterocycles. The van der Waals surface area contributed by atoms with Crippen LogP contribution < -0.4 is 10.5 Å². The third kappa shape index (κ3) is 3.51. The van der Waals surface area contributed by atoms with E-state index in [1.165, 1.54) is 0 Å². The summed E-state index contributed by atoms with van der Waals surface area (Å²) in [5.74, 6) is 0.603. The van der Waals surface area contributed by atoms with Gasteiger partial charge in [-0.2, -0.15) is 0 Å². The molecule has 0 aliphatic heterocycles. The van der Waals surface area contributed by atoms with Crippen LogP contribution in [0.25, 0.3) is 0 Å². The Hall–Kier alpha value is -1.45. The fourth-order valence-corrected chi connectivity index (χ4v) is 1.85. The molecule has 0 unspecified atom stereocenters. The first-order valence-electron chi connectivity index (χ1n) is 4.93. The highest BCUT2D eigenvalue weighted by molar-refractivity contribution is 6.34. The number of hydrogen-bond acceptors (Lipinski definition) is 3. The summed E-state index contributed by atoms with van der Waals surface area (Å²) >= 11 is 11.7. The number of ether oxygens (including phenoxy) is 1. The molecule has 0 radical (unpaired) electrons. The van der Waals surface area contributed by atoms with E-state index in [1.54, 1.807) is 36.5 Å². The minimum Gasteiger partial charge on any atom is -0.487 e. The largest absolute Gasteiger partial charge is 0.487 e. The van der Waals surface area contributed by atoms with Crippen molar-refractivity contribution < 1.29 is 4.74 Å². The molecule has 88 valence electrons. The van der Waals surface area contributed by atoms with Gasteiger partial charge in [-0.1, -0.05) is 23.2 Å². The van der Waals surface area contributed by atoms with Gasteiger partial charge in [0.15, 0.2) is 0 Å². The zero-order valence-corrected chi connectivity index (χ0v) is 10.4. The van der Waals surface area contributed by atoms with Crippen LogP contribution in [0.5, 0.6) is 5.75 Å². The van der Waals surface area contributed by atoms with Gasteiger partial charge in [-0.15, -0.1) is 0 Å². The van der Waals surface area contributed by atoms with Crippen molar-refractivity contribution >= 4 is 28.9 Å². The predicted octanol–water partition coefficient (Wildman–Crippen LogP) is 3.55. The number of rotatable bonds is 3. The third-order valence-electron chi connectivity index (χ3n) is 2.06. The Labute approximate surface area is 109 Å². The number of pyridine rings is 1. The van der Waals surface area contributed by atoms with Gasteiger partial charge in [-0.05, 0) is 30.3 Å². The molecule has 2 N–H and O–H groups in total. The molecule has 0 aliphatic rings. The van der Waals surface area contributed by atoms with Crippen molar-refractivity contribution in [3.63, 3.8) is 0 Å². The van der Waals surface area contributed by atoms with Gasteiger partial charge in [0.25, 0.3) is 0 Å². The van der Waals surface area contributed by atoms with Crippen LogP contribution in [-0.2, 0) is 6.61 Å². The van der Waals surface area contributed by atoms with E-state index in [2.05, 4.69) is 4.98 Å². The normalized spacial score (nSPS) is 10.2. The van der Waals surface area contributed by atoms with Gasteiger partial charge in [0, 0.05) is 21.9 Å². The number of nitrogen functional groups attached to an aromatic ring is 1. The summed E-state index contributed by atoms with van der Waals surface area (Å²) in [6.45, 7) is 0.321. The molecule has 0 spiro atoms. The van der Waals surface area contributed by atoms with Crippen molar-refractivity contribution in [3.05, 3.63) is 52.3 Å². The fraction of sp³-hybridized carbons (Fsp3) is 0.0833. The Balaban J connectivity index is 2.07. The van der Waals surface area contributed by atoms with Crippen LogP contribution >= 0.6 is 23.2 Å². The average molecular weight is 269 g/mol. The molecule has 5 heteroatoms. The van der Waals surface area contributed by atoms with E-state index in [-0.39, 0.29) is 0 Å². The highest BCUT2D eigenvalue weighted by Crippen LogP contribution is 2.24. The summed E-state index contributed by atoms with van der Waals surface area (Å²) in [6.07, 6.45) is 1.64. The second-order valence-corrected chi connectivity index (χ2v) is 4.35.